The summed E-state index contributed by atoms with van der Waals surface area (Å²) in [6, 6.07) is 3.49. The molecule has 0 fully saturated rings. The first-order valence-corrected chi connectivity index (χ1v) is 5.35. The Morgan fingerprint density at radius 2 is 2.25 bits per heavy atom. The number of nitrogens with one attached hydrogen (secondary N) is 1. The Balaban J connectivity index is 2.35. The standard InChI is InChI=1S/C12H19NO3/c1-9(10-6-5-7-15-10)13-11(14)8-16-12(2,3)4/h5-7,9H,8H2,1-4H3,(H,13,14). The van der Waals surface area contributed by atoms with Crippen molar-refractivity contribution in [3.63, 3.8) is 0 Å². The number of hydrogen-bond acceptors (Lipinski definition) is 3. The fourth-order valence-electron chi connectivity index (χ4n) is 1.17. The van der Waals surface area contributed by atoms with Gasteiger partial charge >= 0.3 is 0 Å². The van der Waals surface area contributed by atoms with Crippen LogP contribution >= 0.6 is 0 Å². The van der Waals surface area contributed by atoms with E-state index >= 15 is 0 Å². The van der Waals surface area contributed by atoms with E-state index in [0.29, 0.717) is 0 Å². The Bertz CT molecular complexity index is 325. The molecule has 0 radical (unpaired) electrons. The number of hydrogen-bond donors (Lipinski definition) is 1. The Hall–Kier alpha value is -1.29. The lowest BCUT2D eigenvalue weighted by molar-refractivity contribution is -0.131. The van der Waals surface area contributed by atoms with Gasteiger partial charge in [-0.15, -0.1) is 0 Å². The summed E-state index contributed by atoms with van der Waals surface area (Å²) in [5.41, 5.74) is -0.300. The molecule has 1 amide bonds. The third-order valence-corrected chi connectivity index (χ3v) is 1.98. The molecule has 1 aromatic heterocycles. The number of rotatable bonds is 4. The molecule has 0 aliphatic heterocycles. The van der Waals surface area contributed by atoms with Crippen LogP contribution in [0.5, 0.6) is 0 Å². The molecule has 90 valence electrons. The van der Waals surface area contributed by atoms with Crippen molar-refractivity contribution in [3.05, 3.63) is 24.2 Å². The third-order valence-electron chi connectivity index (χ3n) is 1.98. The molecule has 0 aliphatic carbocycles. The normalized spacial score (nSPS) is 13.5. The molecule has 0 saturated heterocycles. The maximum atomic E-state index is 11.5. The first kappa shape index (κ1) is 12.8. The molecule has 1 N–H and O–H groups in total. The van der Waals surface area contributed by atoms with Gasteiger partial charge < -0.3 is 14.5 Å². The first-order chi connectivity index (χ1) is 7.38. The molecule has 0 bridgehead atoms. The van der Waals surface area contributed by atoms with Crippen LogP contribution in [0.1, 0.15) is 39.5 Å². The van der Waals surface area contributed by atoms with Crippen molar-refractivity contribution in [2.24, 2.45) is 0 Å². The van der Waals surface area contributed by atoms with Gasteiger partial charge in [-0.25, -0.2) is 0 Å². The van der Waals surface area contributed by atoms with E-state index in [1.807, 2.05) is 33.8 Å². The maximum Gasteiger partial charge on any atom is 0.246 e. The highest BCUT2D eigenvalue weighted by molar-refractivity contribution is 5.77. The van der Waals surface area contributed by atoms with Crippen LogP contribution in [0.4, 0.5) is 0 Å². The third kappa shape index (κ3) is 4.49. The van der Waals surface area contributed by atoms with E-state index < -0.39 is 0 Å². The molecule has 0 aromatic carbocycles. The van der Waals surface area contributed by atoms with E-state index in [2.05, 4.69) is 5.32 Å². The Labute approximate surface area is 96.0 Å². The Morgan fingerprint density at radius 1 is 1.56 bits per heavy atom. The lowest BCUT2D eigenvalue weighted by Crippen LogP contribution is -2.33. The molecular weight excluding hydrogens is 206 g/mol. The summed E-state index contributed by atoms with van der Waals surface area (Å²) in [4.78, 5) is 11.5. The summed E-state index contributed by atoms with van der Waals surface area (Å²) >= 11 is 0. The molecule has 1 atom stereocenters. The average Bonchev–Trinajstić information content (AvgIpc) is 2.66. The second-order valence-corrected chi connectivity index (χ2v) is 4.71. The number of carbonyl (C=O) groups is 1. The van der Waals surface area contributed by atoms with Crippen molar-refractivity contribution in [1.82, 2.24) is 5.32 Å². The van der Waals surface area contributed by atoms with Gasteiger partial charge in [0, 0.05) is 0 Å². The topological polar surface area (TPSA) is 51.5 Å². The second kappa shape index (κ2) is 5.16. The van der Waals surface area contributed by atoms with Crippen molar-refractivity contribution in [1.29, 1.82) is 0 Å². The van der Waals surface area contributed by atoms with E-state index in [-0.39, 0.29) is 24.2 Å². The molecule has 1 aromatic rings. The van der Waals surface area contributed by atoms with Crippen LogP contribution in [0, 0.1) is 0 Å². The van der Waals surface area contributed by atoms with Crippen molar-refractivity contribution in [2.75, 3.05) is 6.61 Å². The van der Waals surface area contributed by atoms with Crippen LogP contribution in [0.25, 0.3) is 0 Å². The molecule has 1 unspecified atom stereocenters. The fraction of sp³-hybridized carbons (Fsp3) is 0.583. The molecule has 0 aliphatic rings. The van der Waals surface area contributed by atoms with Crippen molar-refractivity contribution in [3.8, 4) is 0 Å². The van der Waals surface area contributed by atoms with Crippen LogP contribution in [-0.4, -0.2) is 18.1 Å². The first-order valence-electron chi connectivity index (χ1n) is 5.35. The van der Waals surface area contributed by atoms with E-state index in [9.17, 15) is 4.79 Å². The fourth-order valence-corrected chi connectivity index (χ4v) is 1.17. The molecule has 1 rings (SSSR count). The zero-order valence-corrected chi connectivity index (χ0v) is 10.2. The van der Waals surface area contributed by atoms with Gasteiger partial charge in [-0.1, -0.05) is 0 Å². The van der Waals surface area contributed by atoms with Gasteiger partial charge in [0.05, 0.1) is 17.9 Å². The van der Waals surface area contributed by atoms with Crippen molar-refractivity contribution in [2.45, 2.75) is 39.3 Å². The van der Waals surface area contributed by atoms with Crippen LogP contribution in [0.2, 0.25) is 0 Å². The summed E-state index contributed by atoms with van der Waals surface area (Å²) in [7, 11) is 0. The van der Waals surface area contributed by atoms with Crippen LogP contribution < -0.4 is 5.32 Å². The highest BCUT2D eigenvalue weighted by Crippen LogP contribution is 2.12. The second-order valence-electron chi connectivity index (χ2n) is 4.71. The number of amides is 1. The number of ether oxygens (including phenoxy) is 1. The molecule has 16 heavy (non-hydrogen) atoms. The van der Waals surface area contributed by atoms with Gasteiger partial charge in [0.25, 0.3) is 0 Å². The van der Waals surface area contributed by atoms with Gasteiger partial charge in [0.2, 0.25) is 5.91 Å². The van der Waals surface area contributed by atoms with Crippen LogP contribution in [-0.2, 0) is 9.53 Å². The van der Waals surface area contributed by atoms with Gasteiger partial charge in [-0.3, -0.25) is 4.79 Å². The Kier molecular flexibility index (Phi) is 4.12. The summed E-state index contributed by atoms with van der Waals surface area (Å²) < 4.78 is 10.6. The summed E-state index contributed by atoms with van der Waals surface area (Å²) in [6.45, 7) is 7.67. The largest absolute Gasteiger partial charge is 0.467 e. The van der Waals surface area contributed by atoms with E-state index in [0.717, 1.165) is 5.76 Å². The zero-order valence-electron chi connectivity index (χ0n) is 10.2. The molecule has 1 heterocycles. The lowest BCUT2D eigenvalue weighted by atomic mass is 10.2. The summed E-state index contributed by atoms with van der Waals surface area (Å²) in [5, 5.41) is 2.80. The summed E-state index contributed by atoms with van der Waals surface area (Å²) in [5.74, 6) is 0.600. The minimum Gasteiger partial charge on any atom is -0.467 e. The van der Waals surface area contributed by atoms with Crippen molar-refractivity contribution >= 4 is 5.91 Å². The minimum atomic E-state index is -0.300. The van der Waals surface area contributed by atoms with Crippen molar-refractivity contribution < 1.29 is 13.9 Å². The van der Waals surface area contributed by atoms with Gasteiger partial charge in [-0.2, -0.15) is 0 Å². The highest BCUT2D eigenvalue weighted by Gasteiger charge is 2.15. The quantitative estimate of drug-likeness (QED) is 0.855. The van der Waals surface area contributed by atoms with Gasteiger partial charge in [0.1, 0.15) is 12.4 Å². The molecular formula is C12H19NO3. The minimum absolute atomic E-state index is 0.0640. The maximum absolute atomic E-state index is 11.5. The number of carbonyl (C=O) groups excluding carboxylic acids is 1. The van der Waals surface area contributed by atoms with E-state index in [1.165, 1.54) is 0 Å². The molecule has 4 heteroatoms. The van der Waals surface area contributed by atoms with Crippen LogP contribution in [0.3, 0.4) is 0 Å². The molecule has 4 nitrogen and oxygen atoms in total. The monoisotopic (exact) mass is 225 g/mol. The summed E-state index contributed by atoms with van der Waals surface area (Å²) in [6.07, 6.45) is 1.59. The van der Waals surface area contributed by atoms with E-state index in [4.69, 9.17) is 9.15 Å². The predicted molar refractivity (Wildman–Crippen MR) is 61.0 cm³/mol. The van der Waals surface area contributed by atoms with E-state index in [1.54, 1.807) is 12.3 Å². The smallest absolute Gasteiger partial charge is 0.246 e. The zero-order chi connectivity index (χ0) is 12.2. The van der Waals surface area contributed by atoms with Gasteiger partial charge in [0.15, 0.2) is 0 Å². The average molecular weight is 225 g/mol. The SMILES string of the molecule is CC(NC(=O)COC(C)(C)C)c1ccco1. The van der Waals surface area contributed by atoms with Gasteiger partial charge in [-0.05, 0) is 39.8 Å². The number of furan rings is 1. The predicted octanol–water partition coefficient (Wildman–Crippen LogP) is 2.27. The molecule has 0 saturated carbocycles. The molecule has 0 spiro atoms. The van der Waals surface area contributed by atoms with Crippen LogP contribution in [0.15, 0.2) is 22.8 Å². The highest BCUT2D eigenvalue weighted by atomic mass is 16.5. The lowest BCUT2D eigenvalue weighted by Gasteiger charge is -2.20. The Morgan fingerprint density at radius 3 is 2.75 bits per heavy atom.